The molecule has 0 saturated heterocycles. The molecule has 3 N–H and O–H groups in total. The molecular formula is C14H22N2O. The van der Waals surface area contributed by atoms with Crippen LogP contribution in [0.5, 0.6) is 0 Å². The first kappa shape index (κ1) is 13.7. The van der Waals surface area contributed by atoms with Crippen molar-refractivity contribution in [1.29, 1.82) is 0 Å². The average Bonchev–Trinajstić information content (AvgIpc) is 2.13. The van der Waals surface area contributed by atoms with Gasteiger partial charge in [-0.15, -0.1) is 0 Å². The van der Waals surface area contributed by atoms with Gasteiger partial charge >= 0.3 is 0 Å². The standard InChI is InChI=1S/C14H22N2O/c1-9-6-10(2)8-11(7-9)16-13(17)12(15)14(3,4)5/h6-8,12H,15H2,1-5H3,(H,16,17)/t12-/m1/s1. The van der Waals surface area contributed by atoms with Crippen molar-refractivity contribution in [2.75, 3.05) is 5.32 Å². The Labute approximate surface area is 103 Å². The second-order valence-corrected chi connectivity index (χ2v) is 5.71. The molecule has 0 unspecified atom stereocenters. The molecule has 0 spiro atoms. The van der Waals surface area contributed by atoms with Crippen molar-refractivity contribution >= 4 is 11.6 Å². The molecule has 1 atom stereocenters. The predicted octanol–water partition coefficient (Wildman–Crippen LogP) is 2.62. The van der Waals surface area contributed by atoms with Crippen LogP contribution in [0.15, 0.2) is 18.2 Å². The van der Waals surface area contributed by atoms with Crippen LogP contribution in [-0.4, -0.2) is 11.9 Å². The molecule has 0 heterocycles. The summed E-state index contributed by atoms with van der Waals surface area (Å²) in [6.45, 7) is 9.88. The fourth-order valence-corrected chi connectivity index (χ4v) is 1.66. The molecule has 0 aliphatic rings. The van der Waals surface area contributed by atoms with E-state index in [-0.39, 0.29) is 11.3 Å². The zero-order valence-electron chi connectivity index (χ0n) is 11.3. The minimum Gasteiger partial charge on any atom is -0.325 e. The van der Waals surface area contributed by atoms with E-state index in [4.69, 9.17) is 5.73 Å². The number of amides is 1. The molecule has 0 aliphatic carbocycles. The van der Waals surface area contributed by atoms with Gasteiger partial charge < -0.3 is 11.1 Å². The first-order valence-corrected chi connectivity index (χ1v) is 5.85. The predicted molar refractivity (Wildman–Crippen MR) is 72.0 cm³/mol. The monoisotopic (exact) mass is 234 g/mol. The molecule has 0 aliphatic heterocycles. The number of hydrogen-bond donors (Lipinski definition) is 2. The number of nitrogens with two attached hydrogens (primary N) is 1. The number of nitrogens with one attached hydrogen (secondary N) is 1. The molecule has 17 heavy (non-hydrogen) atoms. The van der Waals surface area contributed by atoms with E-state index in [1.807, 2.05) is 46.8 Å². The fourth-order valence-electron chi connectivity index (χ4n) is 1.66. The Bertz CT molecular complexity index is 398. The lowest BCUT2D eigenvalue weighted by atomic mass is 9.87. The molecular weight excluding hydrogens is 212 g/mol. The first-order valence-electron chi connectivity index (χ1n) is 5.85. The van der Waals surface area contributed by atoms with E-state index in [0.717, 1.165) is 16.8 Å². The van der Waals surface area contributed by atoms with E-state index in [1.165, 1.54) is 0 Å². The second-order valence-electron chi connectivity index (χ2n) is 5.71. The van der Waals surface area contributed by atoms with E-state index < -0.39 is 6.04 Å². The molecule has 0 fully saturated rings. The fraction of sp³-hybridized carbons (Fsp3) is 0.500. The van der Waals surface area contributed by atoms with Gasteiger partial charge in [-0.1, -0.05) is 26.8 Å². The van der Waals surface area contributed by atoms with Crippen molar-refractivity contribution in [2.24, 2.45) is 11.1 Å². The average molecular weight is 234 g/mol. The molecule has 0 radical (unpaired) electrons. The molecule has 3 heteroatoms. The Hall–Kier alpha value is -1.35. The number of benzene rings is 1. The number of carbonyl (C=O) groups is 1. The molecule has 1 aromatic carbocycles. The lowest BCUT2D eigenvalue weighted by molar-refractivity contribution is -0.119. The van der Waals surface area contributed by atoms with Crippen LogP contribution in [0.25, 0.3) is 0 Å². The molecule has 0 aromatic heterocycles. The van der Waals surface area contributed by atoms with E-state index in [2.05, 4.69) is 11.4 Å². The molecule has 0 bridgehead atoms. The third-order valence-electron chi connectivity index (χ3n) is 2.70. The molecule has 1 amide bonds. The van der Waals surface area contributed by atoms with Crippen LogP contribution in [0.1, 0.15) is 31.9 Å². The number of anilines is 1. The van der Waals surface area contributed by atoms with Gasteiger partial charge in [0.05, 0.1) is 6.04 Å². The van der Waals surface area contributed by atoms with Gasteiger partial charge in [0, 0.05) is 5.69 Å². The summed E-state index contributed by atoms with van der Waals surface area (Å²) in [6, 6.07) is 5.45. The Kier molecular flexibility index (Phi) is 3.94. The van der Waals surface area contributed by atoms with Gasteiger partial charge in [0.25, 0.3) is 0 Å². The van der Waals surface area contributed by atoms with Crippen molar-refractivity contribution in [3.8, 4) is 0 Å². The summed E-state index contributed by atoms with van der Waals surface area (Å²) in [5, 5.41) is 2.87. The van der Waals surface area contributed by atoms with Crippen LogP contribution in [0.2, 0.25) is 0 Å². The van der Waals surface area contributed by atoms with Gasteiger partial charge in [-0.2, -0.15) is 0 Å². The summed E-state index contributed by atoms with van der Waals surface area (Å²) >= 11 is 0. The maximum atomic E-state index is 11.9. The highest BCUT2D eigenvalue weighted by Gasteiger charge is 2.27. The summed E-state index contributed by atoms with van der Waals surface area (Å²) in [4.78, 5) is 11.9. The Morgan fingerprint density at radius 2 is 1.65 bits per heavy atom. The van der Waals surface area contributed by atoms with Crippen LogP contribution in [0.3, 0.4) is 0 Å². The normalized spacial score (nSPS) is 13.3. The zero-order chi connectivity index (χ0) is 13.2. The van der Waals surface area contributed by atoms with E-state index in [0.29, 0.717) is 0 Å². The maximum absolute atomic E-state index is 11.9. The number of aryl methyl sites for hydroxylation is 2. The quantitative estimate of drug-likeness (QED) is 0.826. The third kappa shape index (κ3) is 3.86. The Morgan fingerprint density at radius 3 is 2.06 bits per heavy atom. The van der Waals surface area contributed by atoms with Crippen molar-refractivity contribution in [3.63, 3.8) is 0 Å². The Balaban J connectivity index is 2.81. The summed E-state index contributed by atoms with van der Waals surface area (Å²) < 4.78 is 0. The van der Waals surface area contributed by atoms with Gasteiger partial charge in [0.15, 0.2) is 0 Å². The van der Waals surface area contributed by atoms with Crippen LogP contribution in [0, 0.1) is 19.3 Å². The van der Waals surface area contributed by atoms with Gasteiger partial charge in [0.2, 0.25) is 5.91 Å². The number of hydrogen-bond acceptors (Lipinski definition) is 2. The van der Waals surface area contributed by atoms with E-state index >= 15 is 0 Å². The summed E-state index contributed by atoms with van der Waals surface area (Å²) in [5.74, 6) is -0.137. The van der Waals surface area contributed by atoms with Crippen LogP contribution >= 0.6 is 0 Å². The zero-order valence-corrected chi connectivity index (χ0v) is 11.3. The summed E-state index contributed by atoms with van der Waals surface area (Å²) in [7, 11) is 0. The van der Waals surface area contributed by atoms with Crippen LogP contribution < -0.4 is 11.1 Å². The Morgan fingerprint density at radius 1 is 1.18 bits per heavy atom. The third-order valence-corrected chi connectivity index (χ3v) is 2.70. The minimum absolute atomic E-state index is 0.137. The van der Waals surface area contributed by atoms with Crippen LogP contribution in [-0.2, 0) is 4.79 Å². The van der Waals surface area contributed by atoms with Crippen molar-refractivity contribution in [1.82, 2.24) is 0 Å². The van der Waals surface area contributed by atoms with Crippen molar-refractivity contribution in [3.05, 3.63) is 29.3 Å². The maximum Gasteiger partial charge on any atom is 0.241 e. The molecule has 94 valence electrons. The minimum atomic E-state index is -0.511. The SMILES string of the molecule is Cc1cc(C)cc(NC(=O)[C@@H](N)C(C)(C)C)c1. The molecule has 1 rings (SSSR count). The molecule has 0 saturated carbocycles. The second kappa shape index (κ2) is 4.88. The topological polar surface area (TPSA) is 55.1 Å². The summed E-state index contributed by atoms with van der Waals surface area (Å²) in [6.07, 6.45) is 0. The highest BCUT2D eigenvalue weighted by molar-refractivity contribution is 5.95. The molecule has 1 aromatic rings. The number of rotatable bonds is 2. The van der Waals surface area contributed by atoms with Gasteiger partial charge in [0.1, 0.15) is 0 Å². The van der Waals surface area contributed by atoms with Crippen LogP contribution in [0.4, 0.5) is 5.69 Å². The smallest absolute Gasteiger partial charge is 0.241 e. The number of carbonyl (C=O) groups excluding carboxylic acids is 1. The highest BCUT2D eigenvalue weighted by Crippen LogP contribution is 2.20. The van der Waals surface area contributed by atoms with Crippen molar-refractivity contribution in [2.45, 2.75) is 40.7 Å². The molecule has 3 nitrogen and oxygen atoms in total. The van der Waals surface area contributed by atoms with E-state index in [9.17, 15) is 4.79 Å². The lowest BCUT2D eigenvalue weighted by Crippen LogP contribution is -2.45. The largest absolute Gasteiger partial charge is 0.325 e. The first-order chi connectivity index (χ1) is 7.70. The van der Waals surface area contributed by atoms with Gasteiger partial charge in [-0.3, -0.25) is 4.79 Å². The van der Waals surface area contributed by atoms with Gasteiger partial charge in [-0.05, 0) is 42.5 Å². The van der Waals surface area contributed by atoms with E-state index in [1.54, 1.807) is 0 Å². The lowest BCUT2D eigenvalue weighted by Gasteiger charge is -2.25. The highest BCUT2D eigenvalue weighted by atomic mass is 16.2. The summed E-state index contributed by atoms with van der Waals surface area (Å²) in [5.41, 5.74) is 8.74. The van der Waals surface area contributed by atoms with Gasteiger partial charge in [-0.25, -0.2) is 0 Å². The van der Waals surface area contributed by atoms with Crippen molar-refractivity contribution < 1.29 is 4.79 Å².